The second-order valence-electron chi connectivity index (χ2n) is 4.87. The van der Waals surface area contributed by atoms with Crippen LogP contribution in [0.4, 0.5) is 4.79 Å². The highest BCUT2D eigenvalue weighted by atomic mass is 32.2. The van der Waals surface area contributed by atoms with Gasteiger partial charge in [-0.05, 0) is 5.92 Å². The molecule has 3 amide bonds. The lowest BCUT2D eigenvalue weighted by Crippen LogP contribution is -2.62. The van der Waals surface area contributed by atoms with Crippen LogP contribution >= 0.6 is 11.8 Å². The molecule has 0 aliphatic carbocycles. The highest BCUT2D eigenvalue weighted by Gasteiger charge is 2.43. The van der Waals surface area contributed by atoms with Crippen LogP contribution in [0.15, 0.2) is 0 Å². The summed E-state index contributed by atoms with van der Waals surface area (Å²) >= 11 is 1.05. The predicted octanol–water partition coefficient (Wildman–Crippen LogP) is 0.939. The normalized spacial score (nSPS) is 21.4. The van der Waals surface area contributed by atoms with E-state index in [0.717, 1.165) is 11.8 Å². The molecule has 2 rings (SSSR count). The van der Waals surface area contributed by atoms with Crippen molar-refractivity contribution < 1.29 is 14.4 Å². The van der Waals surface area contributed by atoms with Crippen LogP contribution in [0.1, 0.15) is 20.3 Å². The second kappa shape index (κ2) is 4.68. The van der Waals surface area contributed by atoms with Gasteiger partial charge in [-0.25, -0.2) is 0 Å². The van der Waals surface area contributed by atoms with Gasteiger partial charge in [0.25, 0.3) is 5.24 Å². The summed E-state index contributed by atoms with van der Waals surface area (Å²) in [6, 6.07) is -0.0962. The molecule has 0 spiro atoms. The summed E-state index contributed by atoms with van der Waals surface area (Å²) in [5.41, 5.74) is 0. The molecule has 0 unspecified atom stereocenters. The first-order chi connectivity index (χ1) is 7.99. The van der Waals surface area contributed by atoms with Gasteiger partial charge in [0.05, 0.1) is 11.8 Å². The van der Waals surface area contributed by atoms with Gasteiger partial charge < -0.3 is 4.90 Å². The molecule has 2 aliphatic heterocycles. The molecule has 2 saturated heterocycles. The van der Waals surface area contributed by atoms with Gasteiger partial charge in [0.1, 0.15) is 0 Å². The maximum absolute atomic E-state index is 11.7. The van der Waals surface area contributed by atoms with E-state index in [-0.39, 0.29) is 28.8 Å². The lowest BCUT2D eigenvalue weighted by molar-refractivity contribution is -0.142. The highest BCUT2D eigenvalue weighted by molar-refractivity contribution is 8.14. The summed E-state index contributed by atoms with van der Waals surface area (Å²) in [4.78, 5) is 37.6. The number of nitrogens with zero attached hydrogens (tertiary/aromatic N) is 2. The SMILES string of the molecule is CC(C)CC(=O)N1CC(N2C(=O)CSC2=O)C1. The van der Waals surface area contributed by atoms with E-state index in [9.17, 15) is 14.4 Å². The zero-order chi connectivity index (χ0) is 12.6. The third-order valence-electron chi connectivity index (χ3n) is 2.95. The Hall–Kier alpha value is -1.04. The molecule has 5 nitrogen and oxygen atoms in total. The Balaban J connectivity index is 1.84. The van der Waals surface area contributed by atoms with Crippen molar-refractivity contribution in [2.75, 3.05) is 18.8 Å². The van der Waals surface area contributed by atoms with Gasteiger partial charge in [0.15, 0.2) is 0 Å². The van der Waals surface area contributed by atoms with Crippen LogP contribution in [0.2, 0.25) is 0 Å². The first-order valence-corrected chi connectivity index (χ1v) is 6.74. The third kappa shape index (κ3) is 2.46. The molecule has 17 heavy (non-hydrogen) atoms. The number of imide groups is 1. The summed E-state index contributed by atoms with van der Waals surface area (Å²) in [6.45, 7) is 5.01. The van der Waals surface area contributed by atoms with Crippen LogP contribution in [0.25, 0.3) is 0 Å². The average Bonchev–Trinajstić information content (AvgIpc) is 2.45. The molecule has 0 aromatic carbocycles. The Morgan fingerprint density at radius 1 is 1.41 bits per heavy atom. The van der Waals surface area contributed by atoms with Gasteiger partial charge in [-0.15, -0.1) is 0 Å². The quantitative estimate of drug-likeness (QED) is 0.754. The predicted molar refractivity (Wildman–Crippen MR) is 64.5 cm³/mol. The van der Waals surface area contributed by atoms with Crippen LogP contribution < -0.4 is 0 Å². The van der Waals surface area contributed by atoms with Crippen molar-refractivity contribution in [3.8, 4) is 0 Å². The van der Waals surface area contributed by atoms with Gasteiger partial charge in [-0.1, -0.05) is 25.6 Å². The number of thioether (sulfide) groups is 1. The molecule has 0 bridgehead atoms. The fourth-order valence-corrected chi connectivity index (χ4v) is 2.79. The fourth-order valence-electron chi connectivity index (χ4n) is 2.02. The Kier molecular flexibility index (Phi) is 3.42. The first kappa shape index (κ1) is 12.4. The van der Waals surface area contributed by atoms with Crippen molar-refractivity contribution in [2.24, 2.45) is 5.92 Å². The number of carbonyl (C=O) groups is 3. The molecule has 0 N–H and O–H groups in total. The first-order valence-electron chi connectivity index (χ1n) is 5.75. The van der Waals surface area contributed by atoms with E-state index in [0.29, 0.717) is 25.4 Å². The minimum Gasteiger partial charge on any atom is -0.338 e. The Labute approximate surface area is 105 Å². The number of hydrogen-bond acceptors (Lipinski definition) is 4. The van der Waals surface area contributed by atoms with Crippen molar-refractivity contribution in [2.45, 2.75) is 26.3 Å². The summed E-state index contributed by atoms with van der Waals surface area (Å²) in [5.74, 6) is 0.575. The standard InChI is InChI=1S/C11H16N2O3S/c1-7(2)3-9(14)12-4-8(5-12)13-10(15)6-17-11(13)16/h7-8H,3-6H2,1-2H3. The molecule has 6 heteroatoms. The molecule has 94 valence electrons. The average molecular weight is 256 g/mol. The summed E-state index contributed by atoms with van der Waals surface area (Å²) in [5, 5.41) is -0.170. The second-order valence-corrected chi connectivity index (χ2v) is 5.80. The summed E-state index contributed by atoms with van der Waals surface area (Å²) < 4.78 is 0. The lowest BCUT2D eigenvalue weighted by Gasteiger charge is -2.42. The Bertz CT molecular complexity index is 348. The fraction of sp³-hybridized carbons (Fsp3) is 0.727. The number of hydrogen-bond donors (Lipinski definition) is 0. The van der Waals surface area contributed by atoms with Gasteiger partial charge in [-0.2, -0.15) is 0 Å². The number of likely N-dealkylation sites (tertiary alicyclic amines) is 1. The van der Waals surface area contributed by atoms with Crippen molar-refractivity contribution >= 4 is 28.8 Å². The molecule has 0 aromatic heterocycles. The van der Waals surface area contributed by atoms with E-state index in [2.05, 4.69) is 0 Å². The molecule has 2 heterocycles. The van der Waals surface area contributed by atoms with E-state index in [1.54, 1.807) is 4.90 Å². The van der Waals surface area contributed by atoms with Crippen LogP contribution in [0, 0.1) is 5.92 Å². The molecular formula is C11H16N2O3S. The zero-order valence-corrected chi connectivity index (χ0v) is 10.8. The van der Waals surface area contributed by atoms with E-state index in [4.69, 9.17) is 0 Å². The van der Waals surface area contributed by atoms with Crippen LogP contribution in [0.3, 0.4) is 0 Å². The number of rotatable bonds is 3. The van der Waals surface area contributed by atoms with E-state index in [1.165, 1.54) is 4.90 Å². The molecule has 0 atom stereocenters. The number of amides is 3. The molecular weight excluding hydrogens is 240 g/mol. The minimum atomic E-state index is -0.170. The highest BCUT2D eigenvalue weighted by Crippen LogP contribution is 2.26. The molecule has 0 aromatic rings. The largest absolute Gasteiger partial charge is 0.338 e. The maximum atomic E-state index is 11.7. The monoisotopic (exact) mass is 256 g/mol. The molecule has 0 radical (unpaired) electrons. The Morgan fingerprint density at radius 3 is 2.53 bits per heavy atom. The van der Waals surface area contributed by atoms with Crippen LogP contribution in [-0.2, 0) is 9.59 Å². The minimum absolute atomic E-state index is 0.0962. The molecule has 2 aliphatic rings. The van der Waals surface area contributed by atoms with E-state index in [1.807, 2.05) is 13.8 Å². The maximum Gasteiger partial charge on any atom is 0.289 e. The Morgan fingerprint density at radius 2 is 2.06 bits per heavy atom. The van der Waals surface area contributed by atoms with Crippen molar-refractivity contribution in [1.82, 2.24) is 9.80 Å². The third-order valence-corrected chi connectivity index (χ3v) is 3.78. The van der Waals surface area contributed by atoms with E-state index < -0.39 is 0 Å². The number of carbonyl (C=O) groups excluding carboxylic acids is 3. The van der Waals surface area contributed by atoms with Crippen molar-refractivity contribution in [1.29, 1.82) is 0 Å². The van der Waals surface area contributed by atoms with Crippen LogP contribution in [-0.4, -0.2) is 51.7 Å². The molecule has 0 saturated carbocycles. The topological polar surface area (TPSA) is 57.7 Å². The van der Waals surface area contributed by atoms with Crippen LogP contribution in [0.5, 0.6) is 0 Å². The zero-order valence-electron chi connectivity index (χ0n) is 10.0. The van der Waals surface area contributed by atoms with Gasteiger partial charge in [0, 0.05) is 19.5 Å². The summed E-state index contributed by atoms with van der Waals surface area (Å²) in [7, 11) is 0. The van der Waals surface area contributed by atoms with E-state index >= 15 is 0 Å². The van der Waals surface area contributed by atoms with Crippen molar-refractivity contribution in [3.63, 3.8) is 0 Å². The van der Waals surface area contributed by atoms with Gasteiger partial charge in [0.2, 0.25) is 11.8 Å². The summed E-state index contributed by atoms with van der Waals surface area (Å²) in [6.07, 6.45) is 0.531. The lowest BCUT2D eigenvalue weighted by atomic mass is 10.0. The van der Waals surface area contributed by atoms with Crippen molar-refractivity contribution in [3.05, 3.63) is 0 Å². The smallest absolute Gasteiger partial charge is 0.289 e. The van der Waals surface area contributed by atoms with Gasteiger partial charge >= 0.3 is 0 Å². The molecule has 2 fully saturated rings. The van der Waals surface area contributed by atoms with Gasteiger partial charge in [-0.3, -0.25) is 19.3 Å².